The zero-order valence-corrected chi connectivity index (χ0v) is 14.0. The summed E-state index contributed by atoms with van der Waals surface area (Å²) in [6, 6.07) is 2.16. The van der Waals surface area contributed by atoms with Gasteiger partial charge in [-0.25, -0.2) is 0 Å². The molecule has 3 rings (SSSR count). The summed E-state index contributed by atoms with van der Waals surface area (Å²) >= 11 is 13.7. The number of hydrogen-bond donors (Lipinski definition) is 1. The third kappa shape index (κ3) is 2.49. The lowest BCUT2D eigenvalue weighted by Crippen LogP contribution is -2.22. The van der Waals surface area contributed by atoms with Crippen LogP contribution >= 0.6 is 23.2 Å². The van der Waals surface area contributed by atoms with E-state index in [1.807, 2.05) is 0 Å². The third-order valence-corrected chi connectivity index (χ3v) is 5.22. The first-order valence-electron chi connectivity index (χ1n) is 6.74. The molecule has 1 aromatic carbocycles. The number of anilines is 1. The van der Waals surface area contributed by atoms with Crippen molar-refractivity contribution in [1.82, 2.24) is 0 Å². The molecular formula is C14H17Cl2N3S. The van der Waals surface area contributed by atoms with Crippen molar-refractivity contribution in [1.29, 1.82) is 0 Å². The van der Waals surface area contributed by atoms with Gasteiger partial charge in [-0.1, -0.05) is 44.0 Å². The van der Waals surface area contributed by atoms with Crippen molar-refractivity contribution in [2.75, 3.05) is 5.32 Å². The first-order chi connectivity index (χ1) is 9.37. The maximum atomic E-state index is 6.35. The Morgan fingerprint density at radius 1 is 1.20 bits per heavy atom. The lowest BCUT2D eigenvalue weighted by molar-refractivity contribution is 0.366. The fourth-order valence-electron chi connectivity index (χ4n) is 3.28. The van der Waals surface area contributed by atoms with Gasteiger partial charge in [0.1, 0.15) is 11.4 Å². The molecule has 1 aliphatic carbocycles. The summed E-state index contributed by atoms with van der Waals surface area (Å²) in [5.74, 6) is 0.610. The van der Waals surface area contributed by atoms with Gasteiger partial charge in [-0.2, -0.15) is 8.73 Å². The second-order valence-electron chi connectivity index (χ2n) is 6.48. The van der Waals surface area contributed by atoms with Gasteiger partial charge in [-0.3, -0.25) is 0 Å². The molecule has 1 saturated carbocycles. The SMILES string of the molecule is CC1CC(C)(C)CC1Nc1c(Cl)cc(Cl)c2c1N=S=N2. The lowest BCUT2D eigenvalue weighted by atomic mass is 9.91. The van der Waals surface area contributed by atoms with Gasteiger partial charge in [0.15, 0.2) is 0 Å². The molecule has 1 aromatic rings. The molecule has 1 N–H and O–H groups in total. The van der Waals surface area contributed by atoms with Crippen molar-refractivity contribution >= 4 is 51.6 Å². The number of hydrogen-bond acceptors (Lipinski definition) is 3. The summed E-state index contributed by atoms with van der Waals surface area (Å²) in [5.41, 5.74) is 2.75. The highest BCUT2D eigenvalue weighted by Gasteiger charge is 2.37. The van der Waals surface area contributed by atoms with Crippen molar-refractivity contribution in [3.63, 3.8) is 0 Å². The van der Waals surface area contributed by atoms with Crippen LogP contribution in [0.3, 0.4) is 0 Å². The maximum absolute atomic E-state index is 6.35. The molecule has 0 aromatic heterocycles. The average molecular weight is 330 g/mol. The number of nitrogens with one attached hydrogen (secondary N) is 1. The quantitative estimate of drug-likeness (QED) is 0.725. The van der Waals surface area contributed by atoms with Gasteiger partial charge in [0, 0.05) is 6.04 Å². The van der Waals surface area contributed by atoms with Crippen LogP contribution in [-0.2, 0) is 11.4 Å². The van der Waals surface area contributed by atoms with E-state index in [2.05, 4.69) is 34.8 Å². The number of rotatable bonds is 2. The van der Waals surface area contributed by atoms with Crippen LogP contribution in [0.15, 0.2) is 14.8 Å². The smallest absolute Gasteiger partial charge is 0.130 e. The normalized spacial score (nSPS) is 26.4. The molecular weight excluding hydrogens is 313 g/mol. The predicted octanol–water partition coefficient (Wildman–Crippen LogP) is 5.96. The molecule has 2 unspecified atom stereocenters. The zero-order valence-electron chi connectivity index (χ0n) is 11.7. The molecule has 2 aliphatic rings. The van der Waals surface area contributed by atoms with Crippen molar-refractivity contribution in [3.8, 4) is 0 Å². The van der Waals surface area contributed by atoms with E-state index in [-0.39, 0.29) is 0 Å². The minimum atomic E-state index is 0.370. The highest BCUT2D eigenvalue weighted by Crippen LogP contribution is 2.50. The van der Waals surface area contributed by atoms with Gasteiger partial charge in [0.25, 0.3) is 0 Å². The van der Waals surface area contributed by atoms with Crippen LogP contribution in [0.2, 0.25) is 10.0 Å². The molecule has 108 valence electrons. The highest BCUT2D eigenvalue weighted by molar-refractivity contribution is 7.58. The molecule has 0 bridgehead atoms. The van der Waals surface area contributed by atoms with E-state index < -0.39 is 0 Å². The fourth-order valence-corrected chi connectivity index (χ4v) is 4.45. The monoisotopic (exact) mass is 329 g/mol. The number of nitrogens with zero attached hydrogens (tertiary/aromatic N) is 2. The average Bonchev–Trinajstić information content (AvgIpc) is 2.89. The molecule has 20 heavy (non-hydrogen) atoms. The minimum Gasteiger partial charge on any atom is -0.379 e. The molecule has 2 atom stereocenters. The van der Waals surface area contributed by atoms with Crippen LogP contribution < -0.4 is 5.32 Å². The molecule has 6 heteroatoms. The number of fused-ring (bicyclic) bond motifs is 1. The summed E-state index contributed by atoms with van der Waals surface area (Å²) in [7, 11) is 0. The predicted molar refractivity (Wildman–Crippen MR) is 87.6 cm³/mol. The maximum Gasteiger partial charge on any atom is 0.130 e. The van der Waals surface area contributed by atoms with Gasteiger partial charge < -0.3 is 5.32 Å². The van der Waals surface area contributed by atoms with E-state index in [1.165, 1.54) is 17.8 Å². The van der Waals surface area contributed by atoms with Crippen LogP contribution in [0.5, 0.6) is 0 Å². The zero-order chi connectivity index (χ0) is 14.5. The number of halogens is 2. The molecule has 1 aliphatic heterocycles. The van der Waals surface area contributed by atoms with Gasteiger partial charge in [0.2, 0.25) is 0 Å². The van der Waals surface area contributed by atoms with Crippen LogP contribution in [0.1, 0.15) is 33.6 Å². The summed E-state index contributed by atoms with van der Waals surface area (Å²) in [6.07, 6.45) is 2.35. The van der Waals surface area contributed by atoms with E-state index >= 15 is 0 Å². The molecule has 0 amide bonds. The minimum absolute atomic E-state index is 0.370. The summed E-state index contributed by atoms with van der Waals surface area (Å²) < 4.78 is 8.59. The van der Waals surface area contributed by atoms with Crippen LogP contribution in [0, 0.1) is 11.3 Å². The van der Waals surface area contributed by atoms with Gasteiger partial charge in [-0.15, -0.1) is 0 Å². The van der Waals surface area contributed by atoms with E-state index in [4.69, 9.17) is 23.2 Å². The summed E-state index contributed by atoms with van der Waals surface area (Å²) in [5, 5.41) is 4.76. The van der Waals surface area contributed by atoms with Crippen LogP contribution in [0.4, 0.5) is 17.1 Å². The fraction of sp³-hybridized carbons (Fsp3) is 0.571. The van der Waals surface area contributed by atoms with Gasteiger partial charge >= 0.3 is 0 Å². The van der Waals surface area contributed by atoms with Gasteiger partial charge in [0.05, 0.1) is 27.1 Å². The standard InChI is InChI=1S/C14H17Cl2N3S/c1-7-5-14(2,3)6-10(7)17-11-8(15)4-9(16)12-13(11)19-20-18-12/h4,7,10,17H,5-6H2,1-3H3. The van der Waals surface area contributed by atoms with Crippen molar-refractivity contribution in [2.24, 2.45) is 20.1 Å². The lowest BCUT2D eigenvalue weighted by Gasteiger charge is -2.21. The van der Waals surface area contributed by atoms with Crippen LogP contribution in [-0.4, -0.2) is 6.04 Å². The van der Waals surface area contributed by atoms with Crippen molar-refractivity contribution < 1.29 is 0 Å². The summed E-state index contributed by atoms with van der Waals surface area (Å²) in [6.45, 7) is 6.91. The van der Waals surface area contributed by atoms with E-state index in [9.17, 15) is 0 Å². The van der Waals surface area contributed by atoms with Gasteiger partial charge in [-0.05, 0) is 30.2 Å². The Morgan fingerprint density at radius 3 is 2.55 bits per heavy atom. The summed E-state index contributed by atoms with van der Waals surface area (Å²) in [4.78, 5) is 0. The second-order valence-corrected chi connectivity index (χ2v) is 7.82. The Bertz CT molecular complexity index is 636. The highest BCUT2D eigenvalue weighted by atomic mass is 35.5. The van der Waals surface area contributed by atoms with Crippen molar-refractivity contribution in [2.45, 2.75) is 39.7 Å². The Labute approximate surface area is 132 Å². The first-order valence-corrected chi connectivity index (χ1v) is 8.23. The molecule has 0 saturated heterocycles. The van der Waals surface area contributed by atoms with E-state index in [0.29, 0.717) is 27.4 Å². The Hall–Kier alpha value is -0.580. The molecule has 1 heterocycles. The molecule has 0 radical (unpaired) electrons. The molecule has 0 spiro atoms. The third-order valence-electron chi connectivity index (χ3n) is 4.11. The van der Waals surface area contributed by atoms with E-state index in [1.54, 1.807) is 6.07 Å². The molecule has 3 nitrogen and oxygen atoms in total. The second kappa shape index (κ2) is 5.00. The Morgan fingerprint density at radius 2 is 1.90 bits per heavy atom. The largest absolute Gasteiger partial charge is 0.379 e. The number of benzene rings is 1. The van der Waals surface area contributed by atoms with Crippen LogP contribution in [0.25, 0.3) is 0 Å². The van der Waals surface area contributed by atoms with E-state index in [0.717, 1.165) is 23.5 Å². The van der Waals surface area contributed by atoms with Crippen molar-refractivity contribution in [3.05, 3.63) is 16.1 Å². The Balaban J connectivity index is 1.93. The topological polar surface area (TPSA) is 36.8 Å². The molecule has 1 fully saturated rings. The first kappa shape index (κ1) is 14.4. The Kier molecular flexibility index (Phi) is 3.59.